The van der Waals surface area contributed by atoms with E-state index in [-0.39, 0.29) is 36.3 Å². The highest BCUT2D eigenvalue weighted by atomic mass is 35.5. The summed E-state index contributed by atoms with van der Waals surface area (Å²) in [5.41, 5.74) is 8.08. The Bertz CT molecular complexity index is 553. The minimum Gasteiger partial charge on any atom is -0.353 e. The molecule has 1 aromatic carbocycles. The number of aryl methyl sites for hydroxylation is 1. The molecule has 1 saturated heterocycles. The Kier molecular flexibility index (Phi) is 10.2. The van der Waals surface area contributed by atoms with Crippen LogP contribution in [-0.2, 0) is 4.79 Å². The SMILES string of the molecule is Cc1ccc(C(N)C(=O)NCC(C)(C)N2CC(C)CC(C)C2)cc1.Cl.Cl. The molecule has 0 bridgehead atoms. The standard InChI is InChI=1S/C20H33N3O.2ClH/c1-14-6-8-17(9-7-14)18(21)19(24)22-13-20(4,5)23-11-15(2)10-16(3)12-23;;/h6-9,15-16,18H,10-13,21H2,1-5H3,(H,22,24);2*1H. The molecule has 0 aliphatic carbocycles. The first-order chi connectivity index (χ1) is 11.2. The van der Waals surface area contributed by atoms with Gasteiger partial charge in [-0.2, -0.15) is 0 Å². The van der Waals surface area contributed by atoms with Gasteiger partial charge in [0.05, 0.1) is 0 Å². The van der Waals surface area contributed by atoms with Gasteiger partial charge in [0.1, 0.15) is 6.04 Å². The molecule has 1 heterocycles. The Balaban J connectivity index is 0.00000312. The molecule has 0 saturated carbocycles. The topological polar surface area (TPSA) is 58.4 Å². The van der Waals surface area contributed by atoms with Gasteiger partial charge in [-0.25, -0.2) is 0 Å². The van der Waals surface area contributed by atoms with Crippen LogP contribution in [0.4, 0.5) is 0 Å². The second-order valence-corrected chi connectivity index (χ2v) is 8.27. The van der Waals surface area contributed by atoms with Crippen molar-refractivity contribution in [2.24, 2.45) is 17.6 Å². The normalized spacial score (nSPS) is 21.9. The van der Waals surface area contributed by atoms with Gasteiger partial charge in [0, 0.05) is 25.2 Å². The van der Waals surface area contributed by atoms with E-state index in [2.05, 4.69) is 37.9 Å². The predicted octanol–water partition coefficient (Wildman–Crippen LogP) is 3.71. The van der Waals surface area contributed by atoms with Crippen LogP contribution in [0.2, 0.25) is 0 Å². The van der Waals surface area contributed by atoms with E-state index in [1.165, 1.54) is 12.0 Å². The van der Waals surface area contributed by atoms with Gasteiger partial charge in [-0.05, 0) is 44.6 Å². The first-order valence-electron chi connectivity index (χ1n) is 9.04. The van der Waals surface area contributed by atoms with Crippen LogP contribution in [-0.4, -0.2) is 36.0 Å². The number of nitrogens with zero attached hydrogens (tertiary/aromatic N) is 1. The number of carbonyl (C=O) groups excluding carboxylic acids is 1. The van der Waals surface area contributed by atoms with Crippen molar-refractivity contribution in [1.29, 1.82) is 0 Å². The molecule has 0 radical (unpaired) electrons. The average molecular weight is 404 g/mol. The Morgan fingerprint density at radius 2 is 1.69 bits per heavy atom. The number of amides is 1. The highest BCUT2D eigenvalue weighted by Crippen LogP contribution is 2.27. The summed E-state index contributed by atoms with van der Waals surface area (Å²) in [4.78, 5) is 14.9. The largest absolute Gasteiger partial charge is 0.353 e. The summed E-state index contributed by atoms with van der Waals surface area (Å²) in [5, 5.41) is 3.06. The van der Waals surface area contributed by atoms with Crippen molar-refractivity contribution < 1.29 is 4.79 Å². The van der Waals surface area contributed by atoms with Gasteiger partial charge >= 0.3 is 0 Å². The van der Waals surface area contributed by atoms with Crippen LogP contribution >= 0.6 is 24.8 Å². The number of piperidine rings is 1. The summed E-state index contributed by atoms with van der Waals surface area (Å²) in [6, 6.07) is 7.23. The van der Waals surface area contributed by atoms with Crippen molar-refractivity contribution in [2.75, 3.05) is 19.6 Å². The first kappa shape index (κ1) is 25.2. The Labute approximate surface area is 171 Å². The van der Waals surface area contributed by atoms with E-state index >= 15 is 0 Å². The lowest BCUT2D eigenvalue weighted by Gasteiger charge is -2.45. The summed E-state index contributed by atoms with van der Waals surface area (Å²) in [6.45, 7) is 13.9. The van der Waals surface area contributed by atoms with Crippen molar-refractivity contribution in [3.63, 3.8) is 0 Å². The summed E-state index contributed by atoms with van der Waals surface area (Å²) in [5.74, 6) is 1.31. The smallest absolute Gasteiger partial charge is 0.241 e. The van der Waals surface area contributed by atoms with Gasteiger partial charge in [-0.3, -0.25) is 9.69 Å². The van der Waals surface area contributed by atoms with Crippen LogP contribution in [0.5, 0.6) is 0 Å². The van der Waals surface area contributed by atoms with Gasteiger partial charge in [0.2, 0.25) is 5.91 Å². The minimum atomic E-state index is -0.611. The van der Waals surface area contributed by atoms with Crippen molar-refractivity contribution >= 4 is 30.7 Å². The molecule has 3 unspecified atom stereocenters. The summed E-state index contributed by atoms with van der Waals surface area (Å²) in [7, 11) is 0. The van der Waals surface area contributed by atoms with Crippen molar-refractivity contribution in [3.8, 4) is 0 Å². The molecular formula is C20H35Cl2N3O. The quantitative estimate of drug-likeness (QED) is 0.787. The van der Waals surface area contributed by atoms with Crippen LogP contribution in [0.25, 0.3) is 0 Å². The minimum absolute atomic E-state index is 0. The van der Waals surface area contributed by atoms with E-state index < -0.39 is 6.04 Å². The van der Waals surface area contributed by atoms with E-state index in [0.717, 1.165) is 18.7 Å². The molecule has 1 aliphatic rings. The number of carbonyl (C=O) groups is 1. The van der Waals surface area contributed by atoms with E-state index in [4.69, 9.17) is 5.73 Å². The van der Waals surface area contributed by atoms with E-state index in [1.807, 2.05) is 31.2 Å². The third-order valence-electron chi connectivity index (χ3n) is 5.14. The number of nitrogens with one attached hydrogen (secondary N) is 1. The average Bonchev–Trinajstić information content (AvgIpc) is 2.52. The number of benzene rings is 1. The molecule has 150 valence electrons. The van der Waals surface area contributed by atoms with Crippen LogP contribution in [0.15, 0.2) is 24.3 Å². The molecule has 3 N–H and O–H groups in total. The zero-order chi connectivity index (χ0) is 17.9. The highest BCUT2D eigenvalue weighted by Gasteiger charge is 2.33. The molecule has 6 heteroatoms. The zero-order valence-electron chi connectivity index (χ0n) is 16.6. The number of halogens is 2. The van der Waals surface area contributed by atoms with Gasteiger partial charge in [0.25, 0.3) is 0 Å². The fraction of sp³-hybridized carbons (Fsp3) is 0.650. The Morgan fingerprint density at radius 3 is 2.19 bits per heavy atom. The fourth-order valence-corrected chi connectivity index (χ4v) is 3.61. The van der Waals surface area contributed by atoms with E-state index in [9.17, 15) is 4.79 Å². The second kappa shape index (κ2) is 10.5. The third kappa shape index (κ3) is 6.73. The number of rotatable bonds is 5. The maximum atomic E-state index is 12.4. The molecule has 3 atom stereocenters. The highest BCUT2D eigenvalue weighted by molar-refractivity contribution is 5.85. The molecular weight excluding hydrogens is 369 g/mol. The number of likely N-dealkylation sites (tertiary alicyclic amines) is 1. The van der Waals surface area contributed by atoms with Crippen LogP contribution in [0.3, 0.4) is 0 Å². The molecule has 4 nitrogen and oxygen atoms in total. The lowest BCUT2D eigenvalue weighted by atomic mass is 9.88. The number of hydrogen-bond acceptors (Lipinski definition) is 3. The Hall–Kier alpha value is -0.810. The maximum Gasteiger partial charge on any atom is 0.241 e. The first-order valence-corrected chi connectivity index (χ1v) is 9.04. The van der Waals surface area contributed by atoms with Crippen molar-refractivity contribution in [3.05, 3.63) is 35.4 Å². The van der Waals surface area contributed by atoms with Crippen LogP contribution in [0, 0.1) is 18.8 Å². The second-order valence-electron chi connectivity index (χ2n) is 8.27. The fourth-order valence-electron chi connectivity index (χ4n) is 3.61. The zero-order valence-corrected chi connectivity index (χ0v) is 18.3. The molecule has 26 heavy (non-hydrogen) atoms. The lowest BCUT2D eigenvalue weighted by Crippen LogP contribution is -2.56. The number of hydrogen-bond donors (Lipinski definition) is 2. The number of nitrogens with two attached hydrogens (primary N) is 1. The molecule has 2 rings (SSSR count). The lowest BCUT2D eigenvalue weighted by molar-refractivity contribution is -0.123. The molecule has 1 fully saturated rings. The molecule has 0 aromatic heterocycles. The van der Waals surface area contributed by atoms with Gasteiger partial charge in [-0.1, -0.05) is 43.7 Å². The van der Waals surface area contributed by atoms with Crippen LogP contribution in [0.1, 0.15) is 51.3 Å². The molecule has 1 amide bonds. The van der Waals surface area contributed by atoms with Gasteiger partial charge < -0.3 is 11.1 Å². The summed E-state index contributed by atoms with van der Waals surface area (Å²) >= 11 is 0. The van der Waals surface area contributed by atoms with Crippen molar-refractivity contribution in [1.82, 2.24) is 10.2 Å². The van der Waals surface area contributed by atoms with Crippen molar-refractivity contribution in [2.45, 2.75) is 52.6 Å². The summed E-state index contributed by atoms with van der Waals surface area (Å²) < 4.78 is 0. The van der Waals surface area contributed by atoms with Gasteiger partial charge in [0.15, 0.2) is 0 Å². The van der Waals surface area contributed by atoms with Crippen LogP contribution < -0.4 is 11.1 Å². The van der Waals surface area contributed by atoms with E-state index in [0.29, 0.717) is 18.4 Å². The predicted molar refractivity (Wildman–Crippen MR) is 114 cm³/mol. The van der Waals surface area contributed by atoms with E-state index in [1.54, 1.807) is 0 Å². The third-order valence-corrected chi connectivity index (χ3v) is 5.14. The summed E-state index contributed by atoms with van der Waals surface area (Å²) in [6.07, 6.45) is 1.29. The maximum absolute atomic E-state index is 12.4. The molecule has 1 aliphatic heterocycles. The van der Waals surface area contributed by atoms with Gasteiger partial charge in [-0.15, -0.1) is 24.8 Å². The Morgan fingerprint density at radius 1 is 1.19 bits per heavy atom. The molecule has 1 aromatic rings. The monoisotopic (exact) mass is 403 g/mol. The molecule has 0 spiro atoms.